The van der Waals surface area contributed by atoms with Crippen LogP contribution in [-0.2, 0) is 6.42 Å². The summed E-state index contributed by atoms with van der Waals surface area (Å²) in [4.78, 5) is 6.49. The summed E-state index contributed by atoms with van der Waals surface area (Å²) in [5.74, 6) is 2.71. The van der Waals surface area contributed by atoms with Crippen LogP contribution >= 0.6 is 24.2 Å². The third kappa shape index (κ3) is 5.72. The van der Waals surface area contributed by atoms with Crippen molar-refractivity contribution in [2.24, 2.45) is 0 Å². The Hall–Kier alpha value is -1.56. The summed E-state index contributed by atoms with van der Waals surface area (Å²) in [5.41, 5.74) is 2.68. The molecule has 2 aromatic carbocycles. The molecule has 0 aliphatic carbocycles. The van der Waals surface area contributed by atoms with Crippen LogP contribution in [0.3, 0.4) is 0 Å². The van der Waals surface area contributed by atoms with Crippen molar-refractivity contribution in [3.05, 3.63) is 48.0 Å². The molecule has 0 radical (unpaired) electrons. The lowest BCUT2D eigenvalue weighted by Crippen LogP contribution is -2.47. The topological polar surface area (TPSA) is 24.9 Å². The molecule has 154 valence electrons. The van der Waals surface area contributed by atoms with Gasteiger partial charge in [-0.1, -0.05) is 25.1 Å². The Kier molecular flexibility index (Phi) is 9.29. The average Bonchev–Trinajstić information content (AvgIpc) is 2.73. The molecule has 0 amide bonds. The van der Waals surface area contributed by atoms with Crippen molar-refractivity contribution in [3.8, 4) is 11.5 Å². The van der Waals surface area contributed by atoms with Gasteiger partial charge in [0.05, 0.1) is 19.9 Å². The largest absolute Gasteiger partial charge is 0.493 e. The molecule has 1 aliphatic rings. The molecule has 0 N–H and O–H groups in total. The summed E-state index contributed by atoms with van der Waals surface area (Å²) in [7, 11) is 3.36. The fourth-order valence-corrected chi connectivity index (χ4v) is 4.36. The van der Waals surface area contributed by atoms with E-state index in [1.165, 1.54) is 16.1 Å². The normalized spacial score (nSPS) is 14.5. The molecule has 3 rings (SSSR count). The van der Waals surface area contributed by atoms with Crippen LogP contribution in [0.5, 0.6) is 11.5 Å². The standard InChI is InChI=1S/C22H30N2O2S.ClH/c1-4-27-22-8-6-5-7-19(22)24-15-13-23(14-16-24)12-11-18-9-10-20(25-2)21(17-18)26-3;/h5-10,17H,4,11-16H2,1-3H3;1H. The summed E-state index contributed by atoms with van der Waals surface area (Å²) in [5, 5.41) is 0. The first-order valence-electron chi connectivity index (χ1n) is 9.65. The van der Waals surface area contributed by atoms with E-state index in [1.807, 2.05) is 17.8 Å². The smallest absolute Gasteiger partial charge is 0.160 e. The highest BCUT2D eigenvalue weighted by atomic mass is 35.5. The molecule has 4 nitrogen and oxygen atoms in total. The van der Waals surface area contributed by atoms with Crippen molar-refractivity contribution in [2.45, 2.75) is 18.2 Å². The molecule has 6 heteroatoms. The van der Waals surface area contributed by atoms with Crippen LogP contribution in [-0.4, -0.2) is 57.6 Å². The highest BCUT2D eigenvalue weighted by molar-refractivity contribution is 7.99. The molecule has 1 saturated heterocycles. The van der Waals surface area contributed by atoms with E-state index in [4.69, 9.17) is 9.47 Å². The van der Waals surface area contributed by atoms with Crippen molar-refractivity contribution in [1.82, 2.24) is 4.90 Å². The monoisotopic (exact) mass is 422 g/mol. The Morgan fingerprint density at radius 3 is 2.32 bits per heavy atom. The van der Waals surface area contributed by atoms with Crippen molar-refractivity contribution in [3.63, 3.8) is 0 Å². The molecule has 28 heavy (non-hydrogen) atoms. The second-order valence-electron chi connectivity index (χ2n) is 6.67. The van der Waals surface area contributed by atoms with Crippen LogP contribution in [0.1, 0.15) is 12.5 Å². The minimum atomic E-state index is 0. The lowest BCUT2D eigenvalue weighted by molar-refractivity contribution is 0.260. The number of thioether (sulfide) groups is 1. The molecular formula is C22H31ClN2O2S. The van der Waals surface area contributed by atoms with Gasteiger partial charge < -0.3 is 14.4 Å². The maximum atomic E-state index is 5.42. The Morgan fingerprint density at radius 2 is 1.64 bits per heavy atom. The van der Waals surface area contributed by atoms with E-state index < -0.39 is 0 Å². The highest BCUT2D eigenvalue weighted by Gasteiger charge is 2.19. The van der Waals surface area contributed by atoms with Crippen LogP contribution in [0.25, 0.3) is 0 Å². The van der Waals surface area contributed by atoms with Gasteiger partial charge in [0.1, 0.15) is 0 Å². The second-order valence-corrected chi connectivity index (χ2v) is 7.97. The SMILES string of the molecule is CCSc1ccccc1N1CCN(CCc2ccc(OC)c(OC)c2)CC1.Cl. The maximum absolute atomic E-state index is 5.42. The number of piperazine rings is 1. The molecule has 2 aromatic rings. The Balaban J connectivity index is 0.00000280. The van der Waals surface area contributed by atoms with E-state index >= 15 is 0 Å². The summed E-state index contributed by atoms with van der Waals surface area (Å²) >= 11 is 1.93. The van der Waals surface area contributed by atoms with Gasteiger partial charge >= 0.3 is 0 Å². The van der Waals surface area contributed by atoms with Crippen LogP contribution in [0.15, 0.2) is 47.4 Å². The Morgan fingerprint density at radius 1 is 0.929 bits per heavy atom. The number of rotatable bonds is 8. The predicted octanol–water partition coefficient (Wildman–Crippen LogP) is 4.60. The number of hydrogen-bond donors (Lipinski definition) is 0. The van der Waals surface area contributed by atoms with Crippen molar-refractivity contribution < 1.29 is 9.47 Å². The third-order valence-electron chi connectivity index (χ3n) is 5.04. The zero-order chi connectivity index (χ0) is 19.1. The van der Waals surface area contributed by atoms with E-state index in [2.05, 4.69) is 53.1 Å². The van der Waals surface area contributed by atoms with Gasteiger partial charge in [-0.3, -0.25) is 4.90 Å². The molecule has 0 saturated carbocycles. The number of hydrogen-bond acceptors (Lipinski definition) is 5. The minimum Gasteiger partial charge on any atom is -0.493 e. The zero-order valence-electron chi connectivity index (χ0n) is 17.0. The number of para-hydroxylation sites is 1. The molecule has 1 heterocycles. The molecule has 0 bridgehead atoms. The number of ether oxygens (including phenoxy) is 2. The molecule has 0 unspecified atom stereocenters. The number of anilines is 1. The van der Waals surface area contributed by atoms with Gasteiger partial charge in [-0.15, -0.1) is 24.2 Å². The molecular weight excluding hydrogens is 392 g/mol. The van der Waals surface area contributed by atoms with Gasteiger partial charge in [-0.05, 0) is 42.0 Å². The molecule has 0 atom stereocenters. The van der Waals surface area contributed by atoms with Gasteiger partial charge in [0.15, 0.2) is 11.5 Å². The van der Waals surface area contributed by atoms with Crippen molar-refractivity contribution in [1.29, 1.82) is 0 Å². The fourth-order valence-electron chi connectivity index (χ4n) is 3.53. The average molecular weight is 423 g/mol. The van der Waals surface area contributed by atoms with Gasteiger partial charge in [0.25, 0.3) is 0 Å². The van der Waals surface area contributed by atoms with Crippen LogP contribution < -0.4 is 14.4 Å². The first-order chi connectivity index (χ1) is 13.2. The van der Waals surface area contributed by atoms with Crippen LogP contribution in [0, 0.1) is 0 Å². The third-order valence-corrected chi connectivity index (χ3v) is 5.99. The van der Waals surface area contributed by atoms with E-state index in [0.29, 0.717) is 0 Å². The number of nitrogens with zero attached hydrogens (tertiary/aromatic N) is 2. The first kappa shape index (κ1) is 22.7. The van der Waals surface area contributed by atoms with Crippen LogP contribution in [0.4, 0.5) is 5.69 Å². The summed E-state index contributed by atoms with van der Waals surface area (Å²) in [6.45, 7) is 7.69. The Bertz CT molecular complexity index is 736. The van der Waals surface area contributed by atoms with E-state index in [0.717, 1.165) is 56.4 Å². The second kappa shape index (κ2) is 11.4. The predicted molar refractivity (Wildman–Crippen MR) is 122 cm³/mol. The van der Waals surface area contributed by atoms with Gasteiger partial charge in [0, 0.05) is 37.6 Å². The van der Waals surface area contributed by atoms with Crippen molar-refractivity contribution >= 4 is 29.9 Å². The molecule has 0 aromatic heterocycles. The summed E-state index contributed by atoms with van der Waals surface area (Å²) < 4.78 is 10.7. The maximum Gasteiger partial charge on any atom is 0.160 e. The van der Waals surface area contributed by atoms with Crippen LogP contribution in [0.2, 0.25) is 0 Å². The molecule has 1 fully saturated rings. The first-order valence-corrected chi connectivity index (χ1v) is 10.6. The van der Waals surface area contributed by atoms with E-state index in [-0.39, 0.29) is 12.4 Å². The lowest BCUT2D eigenvalue weighted by atomic mass is 10.1. The highest BCUT2D eigenvalue weighted by Crippen LogP contribution is 2.31. The summed E-state index contributed by atoms with van der Waals surface area (Å²) in [6, 6.07) is 15.0. The number of benzene rings is 2. The quantitative estimate of drug-likeness (QED) is 0.579. The number of halogens is 1. The van der Waals surface area contributed by atoms with Gasteiger partial charge in [0.2, 0.25) is 0 Å². The molecule has 0 spiro atoms. The van der Waals surface area contributed by atoms with Crippen molar-refractivity contribution in [2.75, 3.05) is 57.6 Å². The lowest BCUT2D eigenvalue weighted by Gasteiger charge is -2.37. The van der Waals surface area contributed by atoms with E-state index in [1.54, 1.807) is 14.2 Å². The Labute approximate surface area is 179 Å². The fraction of sp³-hybridized carbons (Fsp3) is 0.455. The zero-order valence-corrected chi connectivity index (χ0v) is 18.7. The van der Waals surface area contributed by atoms with E-state index in [9.17, 15) is 0 Å². The van der Waals surface area contributed by atoms with Gasteiger partial charge in [-0.25, -0.2) is 0 Å². The minimum absolute atomic E-state index is 0. The summed E-state index contributed by atoms with van der Waals surface area (Å²) in [6.07, 6.45) is 1.03. The molecule has 1 aliphatic heterocycles. The number of methoxy groups -OCH3 is 2. The van der Waals surface area contributed by atoms with Gasteiger partial charge in [-0.2, -0.15) is 0 Å².